The normalized spacial score (nSPS) is 14.5. The van der Waals surface area contributed by atoms with Gasteiger partial charge in [-0.2, -0.15) is 0 Å². The van der Waals surface area contributed by atoms with Crippen LogP contribution in [0, 0.1) is 0 Å². The maximum atomic E-state index is 5.10. The Morgan fingerprint density at radius 3 is 2.33 bits per heavy atom. The van der Waals surface area contributed by atoms with E-state index in [9.17, 15) is 0 Å². The van der Waals surface area contributed by atoms with Crippen molar-refractivity contribution in [1.29, 1.82) is 0 Å². The summed E-state index contributed by atoms with van der Waals surface area (Å²) in [5, 5.41) is 0. The molecule has 0 aromatic heterocycles. The zero-order valence-corrected chi connectivity index (χ0v) is 3.85. The second-order valence-electron chi connectivity index (χ2n) is 1.04. The van der Waals surface area contributed by atoms with Crippen molar-refractivity contribution in [1.82, 2.24) is 0 Å². The van der Waals surface area contributed by atoms with Crippen molar-refractivity contribution in [2.45, 2.75) is 13.2 Å². The van der Waals surface area contributed by atoms with E-state index >= 15 is 0 Å². The van der Waals surface area contributed by atoms with Crippen molar-refractivity contribution in [3.63, 3.8) is 0 Å². The first kappa shape index (κ1) is 5.88. The van der Waals surface area contributed by atoms with Crippen LogP contribution in [0.4, 0.5) is 0 Å². The van der Waals surface area contributed by atoms with Crippen LogP contribution in [0.5, 0.6) is 0 Å². The third kappa shape index (κ3) is 3.88. The second-order valence-corrected chi connectivity index (χ2v) is 1.04. The van der Waals surface area contributed by atoms with Gasteiger partial charge in [-0.1, -0.05) is 0 Å². The number of hydrogen-bond acceptors (Lipinski definition) is 3. The Bertz CT molecular complexity index is 30.0. The van der Waals surface area contributed by atoms with E-state index in [2.05, 4.69) is 4.74 Å². The van der Waals surface area contributed by atoms with E-state index in [0.717, 1.165) is 0 Å². The number of rotatable bonds is 2. The molecule has 0 bridgehead atoms. The zero-order chi connectivity index (χ0) is 4.99. The predicted octanol–water partition coefficient (Wildman–Crippen LogP) is -0.776. The lowest BCUT2D eigenvalue weighted by Crippen LogP contribution is -2.22. The maximum Gasteiger partial charge on any atom is 0.104 e. The summed E-state index contributed by atoms with van der Waals surface area (Å²) < 4.78 is 4.60. The molecular weight excluding hydrogens is 80.0 g/mol. The Morgan fingerprint density at radius 1 is 1.83 bits per heavy atom. The monoisotopic (exact) mass is 90.1 g/mol. The molecule has 0 saturated carbocycles. The minimum absolute atomic E-state index is 0.206. The molecule has 0 fully saturated rings. The molecule has 0 aliphatic carbocycles. The zero-order valence-electron chi connectivity index (χ0n) is 3.85. The first-order valence-corrected chi connectivity index (χ1v) is 1.84. The summed E-state index contributed by atoms with van der Waals surface area (Å²) in [4.78, 5) is 0. The average molecular weight is 90.1 g/mol. The molecule has 1 atom stereocenters. The highest BCUT2D eigenvalue weighted by molar-refractivity contribution is 4.26. The van der Waals surface area contributed by atoms with E-state index in [1.165, 1.54) is 0 Å². The first-order chi connectivity index (χ1) is 2.77. The molecule has 0 spiro atoms. The van der Waals surface area contributed by atoms with Crippen LogP contribution >= 0.6 is 0 Å². The quantitative estimate of drug-likeness (QED) is 0.437. The third-order valence-corrected chi connectivity index (χ3v) is 0.359. The standard InChI is InChI=1S/C3H10N2O/c1-3(5)6-2-4/h3H,2,4-5H2,1H3. The lowest BCUT2D eigenvalue weighted by Gasteiger charge is -2.00. The lowest BCUT2D eigenvalue weighted by molar-refractivity contribution is 0.0760. The fourth-order valence-corrected chi connectivity index (χ4v) is 0.152. The fraction of sp³-hybridized carbons (Fsp3) is 1.00. The van der Waals surface area contributed by atoms with Crippen LogP contribution in [0.2, 0.25) is 0 Å². The number of ether oxygens (including phenoxy) is 1. The van der Waals surface area contributed by atoms with Crippen molar-refractivity contribution in [2.24, 2.45) is 11.5 Å². The van der Waals surface area contributed by atoms with E-state index in [4.69, 9.17) is 11.5 Å². The Labute approximate surface area is 37.3 Å². The highest BCUT2D eigenvalue weighted by atomic mass is 16.5. The topological polar surface area (TPSA) is 61.3 Å². The first-order valence-electron chi connectivity index (χ1n) is 1.84. The lowest BCUT2D eigenvalue weighted by atomic mass is 10.7. The van der Waals surface area contributed by atoms with Gasteiger partial charge < -0.3 is 16.2 Å². The van der Waals surface area contributed by atoms with Crippen LogP contribution in [0.3, 0.4) is 0 Å². The number of hydrogen-bond donors (Lipinski definition) is 2. The van der Waals surface area contributed by atoms with E-state index < -0.39 is 0 Å². The van der Waals surface area contributed by atoms with Crippen molar-refractivity contribution < 1.29 is 4.74 Å². The van der Waals surface area contributed by atoms with Gasteiger partial charge in [-0.25, -0.2) is 0 Å². The summed E-state index contributed by atoms with van der Waals surface area (Å²) in [5.41, 5.74) is 10.0. The maximum absolute atomic E-state index is 5.10. The van der Waals surface area contributed by atoms with Gasteiger partial charge in [0.15, 0.2) is 0 Å². The van der Waals surface area contributed by atoms with Crippen LogP contribution in [-0.4, -0.2) is 13.0 Å². The second kappa shape index (κ2) is 3.08. The molecule has 0 rings (SSSR count). The summed E-state index contributed by atoms with van der Waals surface area (Å²) in [6.07, 6.45) is -0.227. The van der Waals surface area contributed by atoms with E-state index in [-0.39, 0.29) is 13.0 Å². The van der Waals surface area contributed by atoms with Crippen LogP contribution < -0.4 is 11.5 Å². The molecule has 0 aromatic carbocycles. The molecule has 1 unspecified atom stereocenters. The van der Waals surface area contributed by atoms with Gasteiger partial charge in [0.25, 0.3) is 0 Å². The van der Waals surface area contributed by atoms with Crippen molar-refractivity contribution in [3.05, 3.63) is 0 Å². The molecule has 4 N–H and O–H groups in total. The van der Waals surface area contributed by atoms with Gasteiger partial charge >= 0.3 is 0 Å². The van der Waals surface area contributed by atoms with Crippen molar-refractivity contribution in [2.75, 3.05) is 6.73 Å². The van der Waals surface area contributed by atoms with Crippen molar-refractivity contribution >= 4 is 0 Å². The molecule has 3 heteroatoms. The van der Waals surface area contributed by atoms with Crippen LogP contribution in [0.15, 0.2) is 0 Å². The van der Waals surface area contributed by atoms with Crippen LogP contribution in [-0.2, 0) is 4.74 Å². The molecule has 3 nitrogen and oxygen atoms in total. The molecule has 6 heavy (non-hydrogen) atoms. The van der Waals surface area contributed by atoms with Crippen LogP contribution in [0.25, 0.3) is 0 Å². The Hall–Kier alpha value is -0.120. The Kier molecular flexibility index (Phi) is 3.02. The smallest absolute Gasteiger partial charge is 0.104 e. The highest BCUT2D eigenvalue weighted by Gasteiger charge is 1.83. The van der Waals surface area contributed by atoms with Gasteiger partial charge in [0.2, 0.25) is 0 Å². The summed E-state index contributed by atoms with van der Waals surface area (Å²) >= 11 is 0. The third-order valence-electron chi connectivity index (χ3n) is 0.359. The van der Waals surface area contributed by atoms with Gasteiger partial charge in [-0.3, -0.25) is 0 Å². The summed E-state index contributed by atoms with van der Waals surface area (Å²) in [6.45, 7) is 1.94. The minimum Gasteiger partial charge on any atom is -0.349 e. The van der Waals surface area contributed by atoms with Crippen molar-refractivity contribution in [3.8, 4) is 0 Å². The fourth-order valence-electron chi connectivity index (χ4n) is 0.152. The molecule has 0 aliphatic heterocycles. The Balaban J connectivity index is 2.63. The molecular formula is C3H10N2O. The van der Waals surface area contributed by atoms with E-state index in [1.54, 1.807) is 6.92 Å². The summed E-state index contributed by atoms with van der Waals surface area (Å²) in [6, 6.07) is 0. The molecule has 0 radical (unpaired) electrons. The van der Waals surface area contributed by atoms with Gasteiger partial charge in [-0.05, 0) is 6.92 Å². The average Bonchev–Trinajstić information content (AvgIpc) is 1.35. The van der Waals surface area contributed by atoms with E-state index in [1.807, 2.05) is 0 Å². The summed E-state index contributed by atoms with van der Waals surface area (Å²) in [7, 11) is 0. The Morgan fingerprint density at radius 2 is 2.33 bits per heavy atom. The van der Waals surface area contributed by atoms with Gasteiger partial charge in [0, 0.05) is 0 Å². The molecule has 0 amide bonds. The molecule has 0 saturated heterocycles. The summed E-state index contributed by atoms with van der Waals surface area (Å²) in [5.74, 6) is 0. The largest absolute Gasteiger partial charge is 0.349 e. The van der Waals surface area contributed by atoms with Gasteiger partial charge in [0.1, 0.15) is 6.23 Å². The highest BCUT2D eigenvalue weighted by Crippen LogP contribution is 1.70. The molecule has 0 aliphatic rings. The van der Waals surface area contributed by atoms with E-state index in [0.29, 0.717) is 0 Å². The molecule has 0 heterocycles. The minimum atomic E-state index is -0.227. The van der Waals surface area contributed by atoms with Gasteiger partial charge in [-0.15, -0.1) is 0 Å². The SMILES string of the molecule is CC(N)OCN. The van der Waals surface area contributed by atoms with Gasteiger partial charge in [0.05, 0.1) is 6.73 Å². The molecule has 38 valence electrons. The molecule has 0 aromatic rings. The van der Waals surface area contributed by atoms with Crippen LogP contribution in [0.1, 0.15) is 6.92 Å². The number of nitrogens with two attached hydrogens (primary N) is 2. The predicted molar refractivity (Wildman–Crippen MR) is 23.8 cm³/mol.